The average Bonchev–Trinajstić information content (AvgIpc) is 2.58. The Hall–Kier alpha value is -0.640. The third-order valence-corrected chi connectivity index (χ3v) is 3.05. The van der Waals surface area contributed by atoms with Gasteiger partial charge in [-0.3, -0.25) is 4.90 Å². The van der Waals surface area contributed by atoms with Crippen LogP contribution in [0.4, 0.5) is 4.39 Å². The Morgan fingerprint density at radius 3 is 2.93 bits per heavy atom. The van der Waals surface area contributed by atoms with Crippen LogP contribution in [-0.2, 0) is 6.54 Å². The minimum absolute atomic E-state index is 0.274. The van der Waals surface area contributed by atoms with Crippen molar-refractivity contribution in [3.8, 4) is 0 Å². The fourth-order valence-electron chi connectivity index (χ4n) is 1.86. The second-order valence-corrected chi connectivity index (χ2v) is 4.29. The number of β-amino-alcohol motifs (C(OH)–C–C–N with tert-alkyl or cyclic N) is 1. The molecule has 0 spiro atoms. The topological polar surface area (TPSA) is 23.5 Å². The number of benzene rings is 1. The Kier molecular flexibility index (Phi) is 3.24. The molecule has 0 radical (unpaired) electrons. The number of aliphatic hydroxyl groups is 1. The molecule has 2 nitrogen and oxygen atoms in total. The van der Waals surface area contributed by atoms with Gasteiger partial charge in [0.25, 0.3) is 0 Å². The lowest BCUT2D eigenvalue weighted by atomic mass is 10.2. The first-order valence-corrected chi connectivity index (χ1v) is 5.38. The maximum absolute atomic E-state index is 13.4. The summed E-state index contributed by atoms with van der Waals surface area (Å²) in [5.74, 6) is -0.274. The van der Waals surface area contributed by atoms with E-state index in [9.17, 15) is 9.50 Å². The highest BCUT2D eigenvalue weighted by atomic mass is 35.5. The number of aliphatic hydroxyl groups excluding tert-OH is 1. The normalized spacial score (nSPS) is 22.2. The average molecular weight is 230 g/mol. The van der Waals surface area contributed by atoms with Crippen LogP contribution in [0.5, 0.6) is 0 Å². The van der Waals surface area contributed by atoms with Crippen molar-refractivity contribution in [2.75, 3.05) is 13.1 Å². The van der Waals surface area contributed by atoms with Gasteiger partial charge in [-0.25, -0.2) is 4.39 Å². The van der Waals surface area contributed by atoms with Crippen molar-refractivity contribution in [1.82, 2.24) is 4.90 Å². The van der Waals surface area contributed by atoms with E-state index in [1.54, 1.807) is 12.1 Å². The lowest BCUT2D eigenvalue weighted by Gasteiger charge is -2.16. The predicted molar refractivity (Wildman–Crippen MR) is 57.3 cm³/mol. The van der Waals surface area contributed by atoms with Crippen LogP contribution in [0.25, 0.3) is 0 Å². The fraction of sp³-hybridized carbons (Fsp3) is 0.455. The van der Waals surface area contributed by atoms with Gasteiger partial charge in [0.2, 0.25) is 0 Å². The van der Waals surface area contributed by atoms with Crippen LogP contribution in [0.1, 0.15) is 12.0 Å². The zero-order chi connectivity index (χ0) is 10.8. The van der Waals surface area contributed by atoms with Crippen molar-refractivity contribution in [2.24, 2.45) is 0 Å². The zero-order valence-corrected chi connectivity index (χ0v) is 9.04. The van der Waals surface area contributed by atoms with Crippen LogP contribution >= 0.6 is 11.6 Å². The molecule has 1 heterocycles. The van der Waals surface area contributed by atoms with E-state index < -0.39 is 0 Å². The quantitative estimate of drug-likeness (QED) is 0.839. The molecule has 0 aromatic heterocycles. The van der Waals surface area contributed by atoms with Crippen LogP contribution in [-0.4, -0.2) is 29.2 Å². The summed E-state index contributed by atoms with van der Waals surface area (Å²) in [7, 11) is 0. The summed E-state index contributed by atoms with van der Waals surface area (Å²) in [5, 5.41) is 9.80. The smallest absolute Gasteiger partial charge is 0.129 e. The van der Waals surface area contributed by atoms with Crippen LogP contribution in [0, 0.1) is 5.82 Å². The van der Waals surface area contributed by atoms with Crippen LogP contribution in [0.3, 0.4) is 0 Å². The SMILES string of the molecule is O[C@@H]1CCN(Cc2c(F)cccc2Cl)C1. The van der Waals surface area contributed by atoms with E-state index in [4.69, 9.17) is 11.6 Å². The monoisotopic (exact) mass is 229 g/mol. The number of hydrogen-bond donors (Lipinski definition) is 1. The molecule has 0 bridgehead atoms. The van der Waals surface area contributed by atoms with Crippen molar-refractivity contribution in [3.63, 3.8) is 0 Å². The van der Waals surface area contributed by atoms with Gasteiger partial charge >= 0.3 is 0 Å². The first kappa shape index (κ1) is 10.9. The van der Waals surface area contributed by atoms with Gasteiger partial charge in [-0.15, -0.1) is 0 Å². The molecule has 1 N–H and O–H groups in total. The second kappa shape index (κ2) is 4.47. The molecule has 15 heavy (non-hydrogen) atoms. The predicted octanol–water partition coefficient (Wildman–Crippen LogP) is 2.05. The Morgan fingerprint density at radius 1 is 1.53 bits per heavy atom. The van der Waals surface area contributed by atoms with Crippen molar-refractivity contribution in [2.45, 2.75) is 19.1 Å². The fourth-order valence-corrected chi connectivity index (χ4v) is 2.09. The van der Waals surface area contributed by atoms with E-state index >= 15 is 0 Å². The van der Waals surface area contributed by atoms with E-state index in [0.29, 0.717) is 23.7 Å². The molecule has 0 amide bonds. The highest BCUT2D eigenvalue weighted by Crippen LogP contribution is 2.22. The van der Waals surface area contributed by atoms with Gasteiger partial charge in [0.15, 0.2) is 0 Å². The molecular weight excluding hydrogens is 217 g/mol. The maximum atomic E-state index is 13.4. The van der Waals surface area contributed by atoms with Gasteiger partial charge in [-0.2, -0.15) is 0 Å². The molecule has 4 heteroatoms. The van der Waals surface area contributed by atoms with Crippen LogP contribution in [0.2, 0.25) is 5.02 Å². The first-order valence-electron chi connectivity index (χ1n) is 5.00. The van der Waals surface area contributed by atoms with Crippen molar-refractivity contribution in [1.29, 1.82) is 0 Å². The standard InChI is InChI=1S/C11H13ClFNO/c12-10-2-1-3-11(13)9(10)7-14-5-4-8(15)6-14/h1-3,8,15H,4-7H2/t8-/m1/s1. The highest BCUT2D eigenvalue weighted by Gasteiger charge is 2.21. The summed E-state index contributed by atoms with van der Waals surface area (Å²) in [6.07, 6.45) is 0.474. The molecule has 1 aromatic carbocycles. The Morgan fingerprint density at radius 2 is 2.33 bits per heavy atom. The summed E-state index contributed by atoms with van der Waals surface area (Å²) < 4.78 is 13.4. The van der Waals surface area contributed by atoms with E-state index in [2.05, 4.69) is 0 Å². The van der Waals surface area contributed by atoms with E-state index in [1.807, 2.05) is 4.90 Å². The molecule has 0 aliphatic carbocycles. The van der Waals surface area contributed by atoms with Crippen LogP contribution < -0.4 is 0 Å². The number of likely N-dealkylation sites (tertiary alicyclic amines) is 1. The maximum Gasteiger partial charge on any atom is 0.129 e. The molecule has 1 aliphatic heterocycles. The zero-order valence-electron chi connectivity index (χ0n) is 8.29. The minimum atomic E-state index is -0.282. The van der Waals surface area contributed by atoms with Gasteiger partial charge in [-0.1, -0.05) is 17.7 Å². The molecule has 1 fully saturated rings. The van der Waals surface area contributed by atoms with Gasteiger partial charge in [-0.05, 0) is 18.6 Å². The second-order valence-electron chi connectivity index (χ2n) is 3.88. The van der Waals surface area contributed by atoms with Crippen molar-refractivity contribution < 1.29 is 9.50 Å². The number of nitrogens with zero attached hydrogens (tertiary/aromatic N) is 1. The molecule has 1 atom stereocenters. The summed E-state index contributed by atoms with van der Waals surface area (Å²) in [6, 6.07) is 4.69. The Balaban J connectivity index is 2.10. The molecule has 82 valence electrons. The van der Waals surface area contributed by atoms with Gasteiger partial charge in [0, 0.05) is 30.2 Å². The van der Waals surface area contributed by atoms with Gasteiger partial charge < -0.3 is 5.11 Å². The number of halogens is 2. The Bertz CT molecular complexity index is 338. The van der Waals surface area contributed by atoms with E-state index in [-0.39, 0.29) is 11.9 Å². The molecule has 1 saturated heterocycles. The van der Waals surface area contributed by atoms with E-state index in [1.165, 1.54) is 6.07 Å². The van der Waals surface area contributed by atoms with Gasteiger partial charge in [0.05, 0.1) is 6.10 Å². The summed E-state index contributed by atoms with van der Waals surface area (Å²) >= 11 is 5.92. The van der Waals surface area contributed by atoms with Crippen molar-refractivity contribution in [3.05, 3.63) is 34.6 Å². The minimum Gasteiger partial charge on any atom is -0.392 e. The lowest BCUT2D eigenvalue weighted by molar-refractivity contribution is 0.174. The lowest BCUT2D eigenvalue weighted by Crippen LogP contribution is -2.22. The third-order valence-electron chi connectivity index (χ3n) is 2.69. The van der Waals surface area contributed by atoms with E-state index in [0.717, 1.165) is 13.0 Å². The van der Waals surface area contributed by atoms with Crippen molar-refractivity contribution >= 4 is 11.6 Å². The summed E-state index contributed by atoms with van der Waals surface area (Å²) in [6.45, 7) is 1.87. The number of rotatable bonds is 2. The highest BCUT2D eigenvalue weighted by molar-refractivity contribution is 6.31. The largest absolute Gasteiger partial charge is 0.392 e. The first-order chi connectivity index (χ1) is 7.16. The summed E-state index contributed by atoms with van der Waals surface area (Å²) in [4.78, 5) is 2.01. The molecule has 0 saturated carbocycles. The molecule has 1 aliphatic rings. The Labute approximate surface area is 93.3 Å². The third kappa shape index (κ3) is 2.48. The number of hydrogen-bond acceptors (Lipinski definition) is 2. The molecule has 1 aromatic rings. The molecular formula is C11H13ClFNO. The van der Waals surface area contributed by atoms with Crippen LogP contribution in [0.15, 0.2) is 18.2 Å². The van der Waals surface area contributed by atoms with Gasteiger partial charge in [0.1, 0.15) is 5.82 Å². The molecule has 0 unspecified atom stereocenters. The molecule has 2 rings (SSSR count). The summed E-state index contributed by atoms with van der Waals surface area (Å²) in [5.41, 5.74) is 0.522.